The summed E-state index contributed by atoms with van der Waals surface area (Å²) in [7, 11) is 0. The maximum Gasteiger partial charge on any atom is 0.245 e. The van der Waals surface area contributed by atoms with Crippen LogP contribution in [-0.4, -0.2) is 35.8 Å². The lowest BCUT2D eigenvalue weighted by atomic mass is 10.0. The van der Waals surface area contributed by atoms with Gasteiger partial charge >= 0.3 is 0 Å². The molecular weight excluding hydrogens is 300 g/mol. The molecule has 2 aliphatic rings. The Labute approximate surface area is 144 Å². The molecule has 0 radical (unpaired) electrons. The fourth-order valence-electron chi connectivity index (χ4n) is 3.59. The predicted molar refractivity (Wildman–Crippen MR) is 94.4 cm³/mol. The van der Waals surface area contributed by atoms with Gasteiger partial charge in [-0.05, 0) is 43.1 Å². The number of carbonyl (C=O) groups is 2. The maximum atomic E-state index is 12.8. The van der Waals surface area contributed by atoms with Crippen molar-refractivity contribution in [2.75, 3.05) is 13.1 Å². The van der Waals surface area contributed by atoms with Gasteiger partial charge in [0, 0.05) is 25.9 Å². The molecular formula is C20H28N2O2. The third kappa shape index (κ3) is 4.59. The highest BCUT2D eigenvalue weighted by molar-refractivity contribution is 5.88. The zero-order chi connectivity index (χ0) is 16.9. The molecule has 0 spiro atoms. The van der Waals surface area contributed by atoms with E-state index in [1.54, 1.807) is 0 Å². The summed E-state index contributed by atoms with van der Waals surface area (Å²) in [6, 6.07) is 9.51. The molecule has 0 aromatic heterocycles. The number of rotatable bonds is 7. The van der Waals surface area contributed by atoms with Gasteiger partial charge in [0.05, 0.1) is 0 Å². The number of amides is 2. The van der Waals surface area contributed by atoms with Gasteiger partial charge in [-0.2, -0.15) is 0 Å². The average Bonchev–Trinajstić information content (AvgIpc) is 3.29. The second-order valence-electron chi connectivity index (χ2n) is 7.36. The van der Waals surface area contributed by atoms with E-state index in [2.05, 4.69) is 12.2 Å². The molecule has 2 amide bonds. The normalized spacial score (nSPS) is 19.8. The Hall–Kier alpha value is -1.84. The van der Waals surface area contributed by atoms with Crippen LogP contribution in [0.15, 0.2) is 30.3 Å². The van der Waals surface area contributed by atoms with Crippen LogP contribution in [0.1, 0.15) is 44.6 Å². The van der Waals surface area contributed by atoms with Gasteiger partial charge in [-0.15, -0.1) is 0 Å². The van der Waals surface area contributed by atoms with Crippen LogP contribution in [0.5, 0.6) is 0 Å². The number of benzene rings is 1. The van der Waals surface area contributed by atoms with E-state index >= 15 is 0 Å². The molecule has 130 valence electrons. The molecule has 4 heteroatoms. The minimum absolute atomic E-state index is 0.0166. The number of nitrogens with zero attached hydrogens (tertiary/aromatic N) is 1. The first kappa shape index (κ1) is 17.0. The van der Waals surface area contributed by atoms with Crippen LogP contribution in [0.25, 0.3) is 0 Å². The number of carbonyl (C=O) groups excluding carboxylic acids is 2. The topological polar surface area (TPSA) is 49.4 Å². The first-order chi connectivity index (χ1) is 11.6. The van der Waals surface area contributed by atoms with Crippen LogP contribution in [0.3, 0.4) is 0 Å². The monoisotopic (exact) mass is 328 g/mol. The highest BCUT2D eigenvalue weighted by Gasteiger charge is 2.31. The summed E-state index contributed by atoms with van der Waals surface area (Å²) in [4.78, 5) is 27.2. The lowest BCUT2D eigenvalue weighted by Crippen LogP contribution is -2.49. The summed E-state index contributed by atoms with van der Waals surface area (Å²) >= 11 is 0. The van der Waals surface area contributed by atoms with Crippen molar-refractivity contribution in [1.82, 2.24) is 10.2 Å². The lowest BCUT2D eigenvalue weighted by molar-refractivity contribution is -0.135. The largest absolute Gasteiger partial charge is 0.344 e. The van der Waals surface area contributed by atoms with Crippen LogP contribution < -0.4 is 5.32 Å². The minimum Gasteiger partial charge on any atom is -0.344 e. The van der Waals surface area contributed by atoms with Gasteiger partial charge < -0.3 is 10.2 Å². The number of hydrogen-bond acceptors (Lipinski definition) is 2. The van der Waals surface area contributed by atoms with Crippen LogP contribution in [0.2, 0.25) is 0 Å². The van der Waals surface area contributed by atoms with Crippen molar-refractivity contribution >= 4 is 11.8 Å². The summed E-state index contributed by atoms with van der Waals surface area (Å²) in [5, 5.41) is 3.03. The molecule has 2 fully saturated rings. The molecule has 1 aromatic rings. The van der Waals surface area contributed by atoms with Crippen LogP contribution >= 0.6 is 0 Å². The van der Waals surface area contributed by atoms with Gasteiger partial charge in [0.2, 0.25) is 11.8 Å². The third-order valence-electron chi connectivity index (χ3n) is 5.27. The first-order valence-electron chi connectivity index (χ1n) is 9.25. The fourth-order valence-corrected chi connectivity index (χ4v) is 3.59. The molecule has 2 atom stereocenters. The molecule has 1 aromatic carbocycles. The highest BCUT2D eigenvalue weighted by atomic mass is 16.2. The smallest absolute Gasteiger partial charge is 0.245 e. The van der Waals surface area contributed by atoms with Crippen molar-refractivity contribution in [2.24, 2.45) is 11.8 Å². The zero-order valence-electron chi connectivity index (χ0n) is 14.5. The predicted octanol–water partition coefficient (Wildman–Crippen LogP) is 2.77. The van der Waals surface area contributed by atoms with Crippen molar-refractivity contribution in [3.63, 3.8) is 0 Å². The van der Waals surface area contributed by atoms with Crippen LogP contribution in [0, 0.1) is 11.8 Å². The van der Waals surface area contributed by atoms with E-state index in [1.165, 1.54) is 12.8 Å². The Bertz CT molecular complexity index is 562. The molecule has 1 aliphatic heterocycles. The Morgan fingerprint density at radius 1 is 1.17 bits per heavy atom. The zero-order valence-corrected chi connectivity index (χ0v) is 14.5. The third-order valence-corrected chi connectivity index (χ3v) is 5.27. The Morgan fingerprint density at radius 2 is 1.83 bits per heavy atom. The Balaban J connectivity index is 1.63. The van der Waals surface area contributed by atoms with Crippen molar-refractivity contribution < 1.29 is 9.59 Å². The van der Waals surface area contributed by atoms with Crippen molar-refractivity contribution in [3.05, 3.63) is 35.9 Å². The molecule has 4 nitrogen and oxygen atoms in total. The van der Waals surface area contributed by atoms with E-state index in [1.807, 2.05) is 35.2 Å². The van der Waals surface area contributed by atoms with Gasteiger partial charge in [0.1, 0.15) is 6.04 Å². The van der Waals surface area contributed by atoms with Crippen LogP contribution in [-0.2, 0) is 16.0 Å². The van der Waals surface area contributed by atoms with Crippen molar-refractivity contribution in [2.45, 2.75) is 51.5 Å². The molecule has 0 bridgehead atoms. The van der Waals surface area contributed by atoms with Gasteiger partial charge in [-0.25, -0.2) is 0 Å². The van der Waals surface area contributed by atoms with Gasteiger partial charge in [-0.1, -0.05) is 37.3 Å². The van der Waals surface area contributed by atoms with Crippen molar-refractivity contribution in [3.8, 4) is 0 Å². The summed E-state index contributed by atoms with van der Waals surface area (Å²) in [6.07, 6.45) is 5.72. The molecule has 1 N–H and O–H groups in total. The quantitative estimate of drug-likeness (QED) is 0.837. The molecule has 0 unspecified atom stereocenters. The van der Waals surface area contributed by atoms with E-state index < -0.39 is 6.04 Å². The van der Waals surface area contributed by atoms with Gasteiger partial charge in [0.25, 0.3) is 0 Å². The summed E-state index contributed by atoms with van der Waals surface area (Å²) < 4.78 is 0. The van der Waals surface area contributed by atoms with E-state index in [-0.39, 0.29) is 11.8 Å². The first-order valence-corrected chi connectivity index (χ1v) is 9.25. The summed E-state index contributed by atoms with van der Waals surface area (Å²) in [5.41, 5.74) is 1.09. The van der Waals surface area contributed by atoms with E-state index in [9.17, 15) is 9.59 Å². The molecule has 1 aliphatic carbocycles. The molecule has 1 saturated carbocycles. The number of hydrogen-bond donors (Lipinski definition) is 1. The Morgan fingerprint density at radius 3 is 2.46 bits per heavy atom. The summed E-state index contributed by atoms with van der Waals surface area (Å²) in [6.45, 7) is 3.78. The number of nitrogens with one attached hydrogen (secondary N) is 1. The van der Waals surface area contributed by atoms with E-state index in [0.717, 1.165) is 31.5 Å². The SMILES string of the molecule is C[C@@H](CC(=O)N[C@H](Cc1ccccc1)C(=O)N1CCCC1)C1CC1. The second-order valence-corrected chi connectivity index (χ2v) is 7.36. The van der Waals surface area contributed by atoms with Crippen LogP contribution in [0.4, 0.5) is 0 Å². The summed E-state index contributed by atoms with van der Waals surface area (Å²) in [5.74, 6) is 1.22. The maximum absolute atomic E-state index is 12.8. The number of likely N-dealkylation sites (tertiary alicyclic amines) is 1. The second kappa shape index (κ2) is 7.82. The Kier molecular flexibility index (Phi) is 5.54. The molecule has 24 heavy (non-hydrogen) atoms. The molecule has 1 heterocycles. The van der Waals surface area contributed by atoms with E-state index in [0.29, 0.717) is 24.7 Å². The highest BCUT2D eigenvalue weighted by Crippen LogP contribution is 2.38. The van der Waals surface area contributed by atoms with Crippen molar-refractivity contribution in [1.29, 1.82) is 0 Å². The van der Waals surface area contributed by atoms with Gasteiger partial charge in [-0.3, -0.25) is 9.59 Å². The molecule has 3 rings (SSSR count). The van der Waals surface area contributed by atoms with Gasteiger partial charge in [0.15, 0.2) is 0 Å². The average molecular weight is 328 g/mol. The minimum atomic E-state index is -0.440. The molecule has 1 saturated heterocycles. The lowest BCUT2D eigenvalue weighted by Gasteiger charge is -2.25. The fraction of sp³-hybridized carbons (Fsp3) is 0.600. The van der Waals surface area contributed by atoms with E-state index in [4.69, 9.17) is 0 Å². The standard InChI is InChI=1S/C20H28N2O2/c1-15(17-9-10-17)13-19(23)21-18(14-16-7-3-2-4-8-16)20(24)22-11-5-6-12-22/h2-4,7-8,15,17-18H,5-6,9-14H2,1H3,(H,21,23)/t15-,18+/m0/s1.